The lowest BCUT2D eigenvalue weighted by Gasteiger charge is -2.19. The third-order valence-corrected chi connectivity index (χ3v) is 4.12. The van der Waals surface area contributed by atoms with Crippen molar-refractivity contribution in [2.75, 3.05) is 25.2 Å². The molecule has 4 heteroatoms. The van der Waals surface area contributed by atoms with Crippen molar-refractivity contribution in [2.45, 2.75) is 32.9 Å². The molecule has 0 bridgehead atoms. The van der Waals surface area contributed by atoms with Crippen molar-refractivity contribution in [1.29, 1.82) is 0 Å². The SMILES string of the molecule is CCSCC(C)NCC(O)c1cc(C)ccc1OC. The number of aryl methyl sites for hydroxylation is 1. The summed E-state index contributed by atoms with van der Waals surface area (Å²) >= 11 is 1.90. The maximum absolute atomic E-state index is 10.3. The fraction of sp³-hybridized carbons (Fsp3) is 0.600. The summed E-state index contributed by atoms with van der Waals surface area (Å²) in [5, 5.41) is 13.6. The standard InChI is InChI=1S/C15H25NO2S/c1-5-19-10-12(3)16-9-14(17)13-8-11(2)6-7-15(13)18-4/h6-8,12,14,16-17H,5,9-10H2,1-4H3. The number of rotatable bonds is 8. The first-order valence-corrected chi connectivity index (χ1v) is 7.87. The number of thioether (sulfide) groups is 1. The van der Waals surface area contributed by atoms with E-state index in [1.807, 2.05) is 36.9 Å². The van der Waals surface area contributed by atoms with Gasteiger partial charge in [0, 0.05) is 23.9 Å². The van der Waals surface area contributed by atoms with Gasteiger partial charge in [-0.05, 0) is 31.7 Å². The molecule has 2 N–H and O–H groups in total. The molecule has 0 heterocycles. The van der Waals surface area contributed by atoms with Crippen LogP contribution in [0.1, 0.15) is 31.1 Å². The number of methoxy groups -OCH3 is 1. The lowest BCUT2D eigenvalue weighted by molar-refractivity contribution is 0.167. The van der Waals surface area contributed by atoms with E-state index in [1.165, 1.54) is 0 Å². The number of hydrogen-bond acceptors (Lipinski definition) is 4. The van der Waals surface area contributed by atoms with Crippen LogP contribution in [0.5, 0.6) is 5.75 Å². The first-order valence-electron chi connectivity index (χ1n) is 6.72. The zero-order valence-electron chi connectivity index (χ0n) is 12.3. The second-order valence-electron chi connectivity index (χ2n) is 4.73. The van der Waals surface area contributed by atoms with Crippen LogP contribution in [0.25, 0.3) is 0 Å². The molecular formula is C15H25NO2S. The zero-order valence-corrected chi connectivity index (χ0v) is 13.1. The normalized spacial score (nSPS) is 14.2. The average Bonchev–Trinajstić information content (AvgIpc) is 2.42. The number of aliphatic hydroxyl groups is 1. The molecule has 1 rings (SSSR count). The van der Waals surface area contributed by atoms with Gasteiger partial charge in [0.1, 0.15) is 5.75 Å². The van der Waals surface area contributed by atoms with E-state index >= 15 is 0 Å². The van der Waals surface area contributed by atoms with Gasteiger partial charge in [-0.15, -0.1) is 0 Å². The summed E-state index contributed by atoms with van der Waals surface area (Å²) in [6.45, 7) is 6.86. The highest BCUT2D eigenvalue weighted by molar-refractivity contribution is 7.99. The summed E-state index contributed by atoms with van der Waals surface area (Å²) in [7, 11) is 1.63. The topological polar surface area (TPSA) is 41.5 Å². The third kappa shape index (κ3) is 5.43. The van der Waals surface area contributed by atoms with E-state index in [1.54, 1.807) is 7.11 Å². The molecule has 0 saturated carbocycles. The molecule has 0 spiro atoms. The molecule has 0 fully saturated rings. The lowest BCUT2D eigenvalue weighted by Crippen LogP contribution is -2.32. The third-order valence-electron chi connectivity index (χ3n) is 2.98. The van der Waals surface area contributed by atoms with E-state index in [4.69, 9.17) is 4.74 Å². The summed E-state index contributed by atoms with van der Waals surface area (Å²) in [5.41, 5.74) is 1.98. The van der Waals surface area contributed by atoms with Gasteiger partial charge in [0.2, 0.25) is 0 Å². The lowest BCUT2D eigenvalue weighted by atomic mass is 10.0. The van der Waals surface area contributed by atoms with Gasteiger partial charge in [-0.3, -0.25) is 0 Å². The van der Waals surface area contributed by atoms with Gasteiger partial charge < -0.3 is 15.2 Å². The highest BCUT2D eigenvalue weighted by atomic mass is 32.2. The van der Waals surface area contributed by atoms with E-state index in [0.717, 1.165) is 28.4 Å². The Labute approximate surface area is 120 Å². The van der Waals surface area contributed by atoms with Crippen molar-refractivity contribution in [2.24, 2.45) is 0 Å². The minimum absolute atomic E-state index is 0.399. The number of aliphatic hydroxyl groups excluding tert-OH is 1. The number of nitrogens with one attached hydrogen (secondary N) is 1. The summed E-state index contributed by atoms with van der Waals surface area (Å²) < 4.78 is 5.30. The summed E-state index contributed by atoms with van der Waals surface area (Å²) in [6.07, 6.45) is -0.538. The van der Waals surface area contributed by atoms with Crippen molar-refractivity contribution in [3.63, 3.8) is 0 Å². The van der Waals surface area contributed by atoms with Crippen LogP contribution < -0.4 is 10.1 Å². The van der Waals surface area contributed by atoms with Crippen molar-refractivity contribution < 1.29 is 9.84 Å². The first kappa shape index (κ1) is 16.3. The Balaban J connectivity index is 2.57. The fourth-order valence-corrected chi connectivity index (χ4v) is 2.60. The first-order chi connectivity index (χ1) is 9.08. The Bertz CT molecular complexity index is 384. The molecule has 0 saturated heterocycles. The molecule has 0 aromatic heterocycles. The predicted octanol–water partition coefficient (Wildman–Crippen LogP) is 2.77. The van der Waals surface area contributed by atoms with Gasteiger partial charge in [0.15, 0.2) is 0 Å². The predicted molar refractivity (Wildman–Crippen MR) is 83.2 cm³/mol. The molecule has 0 aliphatic rings. The molecule has 19 heavy (non-hydrogen) atoms. The van der Waals surface area contributed by atoms with Crippen LogP contribution in [0, 0.1) is 6.92 Å². The van der Waals surface area contributed by atoms with Crippen LogP contribution in [-0.2, 0) is 0 Å². The Morgan fingerprint density at radius 2 is 2.16 bits per heavy atom. The van der Waals surface area contributed by atoms with Crippen molar-refractivity contribution in [1.82, 2.24) is 5.32 Å². The van der Waals surface area contributed by atoms with Crippen LogP contribution in [0.3, 0.4) is 0 Å². The van der Waals surface area contributed by atoms with E-state index < -0.39 is 6.10 Å². The van der Waals surface area contributed by atoms with Crippen LogP contribution in [0.2, 0.25) is 0 Å². The Hall–Kier alpha value is -0.710. The van der Waals surface area contributed by atoms with Crippen molar-refractivity contribution >= 4 is 11.8 Å². The molecule has 0 aliphatic carbocycles. The smallest absolute Gasteiger partial charge is 0.124 e. The van der Waals surface area contributed by atoms with Crippen LogP contribution in [-0.4, -0.2) is 36.3 Å². The highest BCUT2D eigenvalue weighted by Gasteiger charge is 2.14. The van der Waals surface area contributed by atoms with Gasteiger partial charge in [0.25, 0.3) is 0 Å². The molecule has 1 aromatic carbocycles. The largest absolute Gasteiger partial charge is 0.496 e. The van der Waals surface area contributed by atoms with Gasteiger partial charge in [-0.25, -0.2) is 0 Å². The van der Waals surface area contributed by atoms with E-state index in [2.05, 4.69) is 19.2 Å². The maximum Gasteiger partial charge on any atom is 0.124 e. The highest BCUT2D eigenvalue weighted by Crippen LogP contribution is 2.25. The number of hydrogen-bond donors (Lipinski definition) is 2. The average molecular weight is 283 g/mol. The maximum atomic E-state index is 10.3. The number of benzene rings is 1. The zero-order chi connectivity index (χ0) is 14.3. The van der Waals surface area contributed by atoms with Crippen LogP contribution >= 0.6 is 11.8 Å². The molecule has 108 valence electrons. The molecule has 1 aromatic rings. The van der Waals surface area contributed by atoms with Gasteiger partial charge in [-0.1, -0.05) is 18.6 Å². The Morgan fingerprint density at radius 3 is 2.79 bits per heavy atom. The monoisotopic (exact) mass is 283 g/mol. The van der Waals surface area contributed by atoms with Gasteiger partial charge >= 0.3 is 0 Å². The molecule has 0 amide bonds. The van der Waals surface area contributed by atoms with E-state index in [9.17, 15) is 5.11 Å². The molecule has 0 radical (unpaired) electrons. The van der Waals surface area contributed by atoms with Crippen molar-refractivity contribution in [3.05, 3.63) is 29.3 Å². The van der Waals surface area contributed by atoms with Crippen LogP contribution in [0.4, 0.5) is 0 Å². The molecule has 2 unspecified atom stereocenters. The van der Waals surface area contributed by atoms with Gasteiger partial charge in [-0.2, -0.15) is 11.8 Å². The van der Waals surface area contributed by atoms with E-state index in [-0.39, 0.29) is 0 Å². The molecule has 3 nitrogen and oxygen atoms in total. The summed E-state index contributed by atoms with van der Waals surface area (Å²) in [5.74, 6) is 2.93. The minimum Gasteiger partial charge on any atom is -0.496 e. The number of ether oxygens (including phenoxy) is 1. The second kappa shape index (κ2) is 8.46. The quantitative estimate of drug-likeness (QED) is 0.770. The summed E-state index contributed by atoms with van der Waals surface area (Å²) in [4.78, 5) is 0. The Kier molecular flexibility index (Phi) is 7.28. The molecule has 2 atom stereocenters. The summed E-state index contributed by atoms with van der Waals surface area (Å²) in [6, 6.07) is 6.28. The van der Waals surface area contributed by atoms with Gasteiger partial charge in [0.05, 0.1) is 13.2 Å². The second-order valence-corrected chi connectivity index (χ2v) is 6.05. The Morgan fingerprint density at radius 1 is 1.42 bits per heavy atom. The van der Waals surface area contributed by atoms with Crippen LogP contribution in [0.15, 0.2) is 18.2 Å². The minimum atomic E-state index is -0.538. The fourth-order valence-electron chi connectivity index (χ4n) is 1.89. The molecule has 0 aliphatic heterocycles. The van der Waals surface area contributed by atoms with E-state index in [0.29, 0.717) is 12.6 Å². The van der Waals surface area contributed by atoms with Crippen molar-refractivity contribution in [3.8, 4) is 5.75 Å². The molecular weight excluding hydrogens is 258 g/mol.